The summed E-state index contributed by atoms with van der Waals surface area (Å²) in [5.41, 5.74) is 0.243. The van der Waals surface area contributed by atoms with Crippen molar-refractivity contribution in [2.75, 3.05) is 0 Å². The molecule has 2 aromatic rings. The van der Waals surface area contributed by atoms with Crippen molar-refractivity contribution in [3.05, 3.63) is 36.1 Å². The van der Waals surface area contributed by atoms with E-state index in [4.69, 9.17) is 4.42 Å². The molecule has 0 aliphatic heterocycles. The molecule has 2 fully saturated rings. The molecule has 1 aromatic heterocycles. The minimum atomic E-state index is -0.642. The van der Waals surface area contributed by atoms with Crippen molar-refractivity contribution in [3.8, 4) is 0 Å². The molecule has 1 heterocycles. The standard InChI is InChI=1S/C14H14O2/c15-14(10-5-3-6-11(10)14)13-8-9-4-1-2-7-12(9)16-13/h1-2,4,7-8,10-11,15H,3,5-6H2. The third-order valence-electron chi connectivity index (χ3n) is 4.36. The highest BCUT2D eigenvalue weighted by atomic mass is 16.4. The van der Waals surface area contributed by atoms with Crippen LogP contribution in [0.5, 0.6) is 0 Å². The van der Waals surface area contributed by atoms with E-state index >= 15 is 0 Å². The number of aliphatic hydroxyl groups is 1. The Morgan fingerprint density at radius 1 is 1.19 bits per heavy atom. The number of fused-ring (bicyclic) bond motifs is 2. The van der Waals surface area contributed by atoms with Crippen LogP contribution in [0.25, 0.3) is 11.0 Å². The van der Waals surface area contributed by atoms with Crippen LogP contribution in [0.4, 0.5) is 0 Å². The Kier molecular flexibility index (Phi) is 1.48. The van der Waals surface area contributed by atoms with E-state index in [1.807, 2.05) is 30.3 Å². The fourth-order valence-electron chi connectivity index (χ4n) is 3.47. The van der Waals surface area contributed by atoms with Crippen LogP contribution in [0, 0.1) is 11.8 Å². The first-order valence-corrected chi connectivity index (χ1v) is 6.01. The van der Waals surface area contributed by atoms with E-state index in [9.17, 15) is 5.11 Å². The number of hydrogen-bond acceptors (Lipinski definition) is 2. The van der Waals surface area contributed by atoms with Crippen LogP contribution in [0.1, 0.15) is 25.0 Å². The van der Waals surface area contributed by atoms with Gasteiger partial charge in [-0.1, -0.05) is 24.6 Å². The highest BCUT2D eigenvalue weighted by molar-refractivity contribution is 5.78. The second-order valence-corrected chi connectivity index (χ2v) is 5.12. The molecule has 0 radical (unpaired) electrons. The van der Waals surface area contributed by atoms with Gasteiger partial charge in [-0.15, -0.1) is 0 Å². The lowest BCUT2D eigenvalue weighted by Gasteiger charge is -2.10. The maximum Gasteiger partial charge on any atom is 0.137 e. The molecule has 82 valence electrons. The number of furan rings is 1. The van der Waals surface area contributed by atoms with Gasteiger partial charge in [-0.3, -0.25) is 0 Å². The molecule has 2 saturated carbocycles. The van der Waals surface area contributed by atoms with Gasteiger partial charge in [-0.25, -0.2) is 0 Å². The fraction of sp³-hybridized carbons (Fsp3) is 0.429. The maximum absolute atomic E-state index is 10.6. The highest BCUT2D eigenvalue weighted by Crippen LogP contribution is 2.66. The van der Waals surface area contributed by atoms with E-state index in [2.05, 4.69) is 0 Å². The van der Waals surface area contributed by atoms with E-state index < -0.39 is 5.60 Å². The summed E-state index contributed by atoms with van der Waals surface area (Å²) in [4.78, 5) is 0. The van der Waals surface area contributed by atoms with Gasteiger partial charge in [0.05, 0.1) is 0 Å². The van der Waals surface area contributed by atoms with Gasteiger partial charge >= 0.3 is 0 Å². The maximum atomic E-state index is 10.6. The molecule has 2 heteroatoms. The van der Waals surface area contributed by atoms with E-state index in [1.54, 1.807) is 0 Å². The van der Waals surface area contributed by atoms with Crippen molar-refractivity contribution < 1.29 is 9.52 Å². The Hall–Kier alpha value is -1.28. The average Bonchev–Trinajstić information content (AvgIpc) is 2.80. The number of rotatable bonds is 1. The lowest BCUT2D eigenvalue weighted by Crippen LogP contribution is -2.11. The molecule has 0 spiro atoms. The van der Waals surface area contributed by atoms with Gasteiger partial charge in [0.2, 0.25) is 0 Å². The Labute approximate surface area is 93.9 Å². The van der Waals surface area contributed by atoms with Crippen molar-refractivity contribution in [1.82, 2.24) is 0 Å². The first-order chi connectivity index (χ1) is 7.80. The third kappa shape index (κ3) is 0.914. The van der Waals surface area contributed by atoms with Crippen LogP contribution < -0.4 is 0 Å². The Morgan fingerprint density at radius 3 is 2.69 bits per heavy atom. The SMILES string of the molecule is OC1(c2cc3ccccc3o2)C2CCCC21. The van der Waals surface area contributed by atoms with Gasteiger partial charge in [0.15, 0.2) is 0 Å². The van der Waals surface area contributed by atoms with Gasteiger partial charge < -0.3 is 9.52 Å². The largest absolute Gasteiger partial charge is 0.458 e. The van der Waals surface area contributed by atoms with Crippen LogP contribution in [-0.4, -0.2) is 5.11 Å². The molecule has 2 atom stereocenters. The summed E-state index contributed by atoms with van der Waals surface area (Å²) in [5, 5.41) is 11.7. The summed E-state index contributed by atoms with van der Waals surface area (Å²) in [6, 6.07) is 9.96. The Morgan fingerprint density at radius 2 is 1.94 bits per heavy atom. The van der Waals surface area contributed by atoms with Gasteiger partial charge in [-0.2, -0.15) is 0 Å². The van der Waals surface area contributed by atoms with Gasteiger partial charge in [0.1, 0.15) is 16.9 Å². The lowest BCUT2D eigenvalue weighted by molar-refractivity contribution is 0.0825. The Balaban J connectivity index is 1.83. The fourth-order valence-corrected chi connectivity index (χ4v) is 3.47. The zero-order chi connectivity index (χ0) is 10.8. The molecule has 1 N–H and O–H groups in total. The predicted octanol–water partition coefficient (Wildman–Crippen LogP) is 3.05. The summed E-state index contributed by atoms with van der Waals surface area (Å²) < 4.78 is 5.78. The lowest BCUT2D eigenvalue weighted by atomic mass is 10.1. The molecule has 0 bridgehead atoms. The zero-order valence-corrected chi connectivity index (χ0v) is 9.02. The molecule has 16 heavy (non-hydrogen) atoms. The molecule has 1 aromatic carbocycles. The Bertz CT molecular complexity index is 512. The van der Waals surface area contributed by atoms with Crippen molar-refractivity contribution in [2.24, 2.45) is 11.8 Å². The third-order valence-corrected chi connectivity index (χ3v) is 4.36. The topological polar surface area (TPSA) is 33.4 Å². The molecule has 4 rings (SSSR count). The molecule has 2 nitrogen and oxygen atoms in total. The summed E-state index contributed by atoms with van der Waals surface area (Å²) in [6.07, 6.45) is 3.56. The molecular formula is C14H14O2. The minimum Gasteiger partial charge on any atom is -0.458 e. The van der Waals surface area contributed by atoms with Crippen molar-refractivity contribution in [3.63, 3.8) is 0 Å². The van der Waals surface area contributed by atoms with Crippen molar-refractivity contribution >= 4 is 11.0 Å². The van der Waals surface area contributed by atoms with E-state index in [-0.39, 0.29) is 0 Å². The summed E-state index contributed by atoms with van der Waals surface area (Å²) in [6.45, 7) is 0. The smallest absolute Gasteiger partial charge is 0.137 e. The summed E-state index contributed by atoms with van der Waals surface area (Å²) in [7, 11) is 0. The number of para-hydroxylation sites is 1. The molecular weight excluding hydrogens is 200 g/mol. The minimum absolute atomic E-state index is 0.452. The molecule has 2 aliphatic rings. The van der Waals surface area contributed by atoms with Crippen LogP contribution in [0.3, 0.4) is 0 Å². The van der Waals surface area contributed by atoms with Crippen LogP contribution in [0.2, 0.25) is 0 Å². The van der Waals surface area contributed by atoms with Crippen LogP contribution in [-0.2, 0) is 5.60 Å². The van der Waals surface area contributed by atoms with E-state index in [0.29, 0.717) is 11.8 Å². The number of hydrogen-bond donors (Lipinski definition) is 1. The van der Waals surface area contributed by atoms with Crippen LogP contribution in [0.15, 0.2) is 34.7 Å². The summed E-state index contributed by atoms with van der Waals surface area (Å²) in [5.74, 6) is 1.68. The molecule has 2 aliphatic carbocycles. The summed E-state index contributed by atoms with van der Waals surface area (Å²) >= 11 is 0. The normalized spacial score (nSPS) is 36.6. The quantitative estimate of drug-likeness (QED) is 0.791. The van der Waals surface area contributed by atoms with E-state index in [1.165, 1.54) is 6.42 Å². The first kappa shape index (κ1) is 8.82. The molecule has 0 amide bonds. The van der Waals surface area contributed by atoms with Gasteiger partial charge in [-0.05, 0) is 25.0 Å². The van der Waals surface area contributed by atoms with Crippen molar-refractivity contribution in [2.45, 2.75) is 24.9 Å². The average molecular weight is 214 g/mol. The van der Waals surface area contributed by atoms with Gasteiger partial charge in [0, 0.05) is 17.2 Å². The molecule has 0 saturated heterocycles. The predicted molar refractivity (Wildman–Crippen MR) is 60.9 cm³/mol. The highest BCUT2D eigenvalue weighted by Gasteiger charge is 2.68. The second kappa shape index (κ2) is 2.69. The monoisotopic (exact) mass is 214 g/mol. The molecule has 2 unspecified atom stereocenters. The van der Waals surface area contributed by atoms with Crippen LogP contribution >= 0.6 is 0 Å². The number of benzene rings is 1. The van der Waals surface area contributed by atoms with Crippen molar-refractivity contribution in [1.29, 1.82) is 0 Å². The second-order valence-electron chi connectivity index (χ2n) is 5.12. The zero-order valence-electron chi connectivity index (χ0n) is 9.02. The first-order valence-electron chi connectivity index (χ1n) is 6.01. The van der Waals surface area contributed by atoms with E-state index in [0.717, 1.165) is 29.6 Å². The van der Waals surface area contributed by atoms with Gasteiger partial charge in [0.25, 0.3) is 0 Å².